The van der Waals surface area contributed by atoms with Crippen LogP contribution in [0.2, 0.25) is 0 Å². The number of carbonyl (C=O) groups is 1. The molecule has 2 aromatic carbocycles. The van der Waals surface area contributed by atoms with Crippen molar-refractivity contribution in [3.8, 4) is 16.9 Å². The molecule has 2 rings (SSSR count). The molecule has 2 unspecified atom stereocenters. The summed E-state index contributed by atoms with van der Waals surface area (Å²) in [6, 6.07) is 15.1. The van der Waals surface area contributed by atoms with Gasteiger partial charge in [0.2, 0.25) is 5.91 Å². The van der Waals surface area contributed by atoms with Crippen LogP contribution < -0.4 is 15.8 Å². The number of amides is 1. The van der Waals surface area contributed by atoms with E-state index in [2.05, 4.69) is 5.32 Å². The third-order valence-electron chi connectivity index (χ3n) is 3.87. The van der Waals surface area contributed by atoms with Gasteiger partial charge in [-0.25, -0.2) is 0 Å². The number of carbonyl (C=O) groups excluding carboxylic acids is 1. The standard InChI is InChI=1S/C19H24N2O3/c1-13(21-19(22)17(20)12-23-2)14-8-10-15(11-9-14)16-6-4-5-7-18(16)24-3/h4-11,13,17H,12,20H2,1-3H3,(H,21,22). The number of methoxy groups -OCH3 is 2. The van der Waals surface area contributed by atoms with Crippen LogP contribution in [0.25, 0.3) is 11.1 Å². The van der Waals surface area contributed by atoms with Crippen molar-refractivity contribution in [2.75, 3.05) is 20.8 Å². The van der Waals surface area contributed by atoms with Crippen LogP contribution >= 0.6 is 0 Å². The first-order valence-corrected chi connectivity index (χ1v) is 7.85. The molecule has 0 spiro atoms. The van der Waals surface area contributed by atoms with Crippen molar-refractivity contribution in [2.24, 2.45) is 5.73 Å². The fourth-order valence-electron chi connectivity index (χ4n) is 2.49. The van der Waals surface area contributed by atoms with Crippen molar-refractivity contribution in [3.63, 3.8) is 0 Å². The van der Waals surface area contributed by atoms with Crippen LogP contribution in [0.4, 0.5) is 0 Å². The van der Waals surface area contributed by atoms with Crippen LogP contribution in [0.5, 0.6) is 5.75 Å². The highest BCUT2D eigenvalue weighted by Gasteiger charge is 2.16. The topological polar surface area (TPSA) is 73.6 Å². The van der Waals surface area contributed by atoms with Gasteiger partial charge in [-0.1, -0.05) is 42.5 Å². The van der Waals surface area contributed by atoms with E-state index in [9.17, 15) is 4.79 Å². The lowest BCUT2D eigenvalue weighted by molar-refractivity contribution is -0.124. The predicted octanol–water partition coefficient (Wildman–Crippen LogP) is 2.51. The van der Waals surface area contributed by atoms with E-state index in [-0.39, 0.29) is 18.6 Å². The average molecular weight is 328 g/mol. The maximum Gasteiger partial charge on any atom is 0.239 e. The first kappa shape index (κ1) is 18.0. The minimum atomic E-state index is -0.662. The summed E-state index contributed by atoms with van der Waals surface area (Å²) in [5, 5.41) is 2.89. The van der Waals surface area contributed by atoms with Gasteiger partial charge in [0.1, 0.15) is 11.8 Å². The molecule has 0 radical (unpaired) electrons. The largest absolute Gasteiger partial charge is 0.496 e. The number of rotatable bonds is 7. The number of nitrogens with one attached hydrogen (secondary N) is 1. The molecule has 0 aromatic heterocycles. The molecule has 0 aliphatic carbocycles. The molecule has 0 heterocycles. The summed E-state index contributed by atoms with van der Waals surface area (Å²) in [7, 11) is 3.18. The van der Waals surface area contributed by atoms with Gasteiger partial charge >= 0.3 is 0 Å². The Morgan fingerprint density at radius 1 is 1.12 bits per heavy atom. The number of benzene rings is 2. The number of nitrogens with two attached hydrogens (primary N) is 1. The lowest BCUT2D eigenvalue weighted by atomic mass is 10.0. The zero-order valence-corrected chi connectivity index (χ0v) is 14.3. The molecular weight excluding hydrogens is 304 g/mol. The summed E-state index contributed by atoms with van der Waals surface area (Å²) >= 11 is 0. The number of hydrogen-bond donors (Lipinski definition) is 2. The Morgan fingerprint density at radius 3 is 2.42 bits per heavy atom. The van der Waals surface area contributed by atoms with E-state index in [1.165, 1.54) is 7.11 Å². The van der Waals surface area contributed by atoms with Crippen molar-refractivity contribution in [1.29, 1.82) is 0 Å². The summed E-state index contributed by atoms with van der Waals surface area (Å²) in [5.41, 5.74) is 8.84. The van der Waals surface area contributed by atoms with Crippen molar-refractivity contribution in [3.05, 3.63) is 54.1 Å². The predicted molar refractivity (Wildman–Crippen MR) is 94.8 cm³/mol. The van der Waals surface area contributed by atoms with Gasteiger partial charge in [-0.3, -0.25) is 4.79 Å². The van der Waals surface area contributed by atoms with Crippen molar-refractivity contribution in [2.45, 2.75) is 19.0 Å². The van der Waals surface area contributed by atoms with E-state index >= 15 is 0 Å². The summed E-state index contributed by atoms with van der Waals surface area (Å²) in [6.07, 6.45) is 0. The van der Waals surface area contributed by atoms with Gasteiger partial charge in [-0.2, -0.15) is 0 Å². The highest BCUT2D eigenvalue weighted by Crippen LogP contribution is 2.30. The van der Waals surface area contributed by atoms with Gasteiger partial charge in [0.25, 0.3) is 0 Å². The molecule has 0 bridgehead atoms. The maximum absolute atomic E-state index is 12.0. The van der Waals surface area contributed by atoms with E-state index in [4.69, 9.17) is 15.2 Å². The van der Waals surface area contributed by atoms with Crippen molar-refractivity contribution < 1.29 is 14.3 Å². The molecule has 5 nitrogen and oxygen atoms in total. The van der Waals surface area contributed by atoms with E-state index in [0.29, 0.717) is 0 Å². The quantitative estimate of drug-likeness (QED) is 0.819. The van der Waals surface area contributed by atoms with E-state index < -0.39 is 6.04 Å². The maximum atomic E-state index is 12.0. The Hall–Kier alpha value is -2.37. The van der Waals surface area contributed by atoms with Crippen LogP contribution in [0.1, 0.15) is 18.5 Å². The Balaban J connectivity index is 2.10. The van der Waals surface area contributed by atoms with E-state index in [1.807, 2.05) is 55.5 Å². The first-order chi connectivity index (χ1) is 11.6. The SMILES string of the molecule is COCC(N)C(=O)NC(C)c1ccc(-c2ccccc2OC)cc1. The molecule has 0 saturated carbocycles. The lowest BCUT2D eigenvalue weighted by Crippen LogP contribution is -2.44. The van der Waals surface area contributed by atoms with Gasteiger partial charge in [0, 0.05) is 12.7 Å². The molecule has 2 aromatic rings. The number of hydrogen-bond acceptors (Lipinski definition) is 4. The molecular formula is C19H24N2O3. The average Bonchev–Trinajstić information content (AvgIpc) is 2.62. The molecule has 0 fully saturated rings. The minimum absolute atomic E-state index is 0.132. The monoisotopic (exact) mass is 328 g/mol. The first-order valence-electron chi connectivity index (χ1n) is 7.85. The Kier molecular flexibility index (Phi) is 6.35. The molecule has 0 saturated heterocycles. The molecule has 2 atom stereocenters. The normalized spacial score (nSPS) is 13.2. The second-order valence-corrected chi connectivity index (χ2v) is 5.61. The summed E-state index contributed by atoms with van der Waals surface area (Å²) in [5.74, 6) is 0.607. The number of para-hydroxylation sites is 1. The molecule has 0 aliphatic rings. The van der Waals surface area contributed by atoms with Crippen molar-refractivity contribution >= 4 is 5.91 Å². The smallest absolute Gasteiger partial charge is 0.239 e. The van der Waals surface area contributed by atoms with Gasteiger partial charge in [0.05, 0.1) is 19.8 Å². The van der Waals surface area contributed by atoms with E-state index in [0.717, 1.165) is 22.4 Å². The number of ether oxygens (including phenoxy) is 2. The summed E-state index contributed by atoms with van der Waals surface area (Å²) in [4.78, 5) is 12.0. The molecule has 3 N–H and O–H groups in total. The zero-order valence-electron chi connectivity index (χ0n) is 14.3. The second-order valence-electron chi connectivity index (χ2n) is 5.61. The molecule has 1 amide bonds. The van der Waals surface area contributed by atoms with Gasteiger partial charge < -0.3 is 20.5 Å². The zero-order chi connectivity index (χ0) is 17.5. The highest BCUT2D eigenvalue weighted by atomic mass is 16.5. The molecule has 24 heavy (non-hydrogen) atoms. The van der Waals surface area contributed by atoms with Crippen LogP contribution in [-0.2, 0) is 9.53 Å². The van der Waals surface area contributed by atoms with Gasteiger partial charge in [-0.05, 0) is 24.1 Å². The highest BCUT2D eigenvalue weighted by molar-refractivity contribution is 5.82. The molecule has 5 heteroatoms. The molecule has 0 aliphatic heterocycles. The van der Waals surface area contributed by atoms with Crippen LogP contribution in [0.3, 0.4) is 0 Å². The Labute approximate surface area is 142 Å². The van der Waals surface area contributed by atoms with Crippen molar-refractivity contribution in [1.82, 2.24) is 5.32 Å². The van der Waals surface area contributed by atoms with Crippen LogP contribution in [0, 0.1) is 0 Å². The summed E-state index contributed by atoms with van der Waals surface area (Å²) < 4.78 is 10.3. The third-order valence-corrected chi connectivity index (χ3v) is 3.87. The Bertz CT molecular complexity index is 671. The van der Waals surface area contributed by atoms with E-state index in [1.54, 1.807) is 7.11 Å². The summed E-state index contributed by atoms with van der Waals surface area (Å²) in [6.45, 7) is 2.13. The van der Waals surface area contributed by atoms with Crippen LogP contribution in [-0.4, -0.2) is 32.8 Å². The minimum Gasteiger partial charge on any atom is -0.496 e. The molecule has 128 valence electrons. The Morgan fingerprint density at radius 2 is 1.79 bits per heavy atom. The third kappa shape index (κ3) is 4.34. The fraction of sp³-hybridized carbons (Fsp3) is 0.316. The fourth-order valence-corrected chi connectivity index (χ4v) is 2.49. The van der Waals surface area contributed by atoms with Gasteiger partial charge in [-0.15, -0.1) is 0 Å². The van der Waals surface area contributed by atoms with Crippen LogP contribution in [0.15, 0.2) is 48.5 Å². The lowest BCUT2D eigenvalue weighted by Gasteiger charge is -2.18. The second kappa shape index (κ2) is 8.47. The van der Waals surface area contributed by atoms with Gasteiger partial charge in [0.15, 0.2) is 0 Å².